The second kappa shape index (κ2) is 9.34. The molecular weight excluding hydrogens is 462 g/mol. The number of amidine groups is 1. The van der Waals surface area contributed by atoms with Gasteiger partial charge >= 0.3 is 5.97 Å². The van der Waals surface area contributed by atoms with Crippen LogP contribution in [0.2, 0.25) is 0 Å². The number of hydrogen-bond donors (Lipinski definition) is 1. The molecule has 1 saturated heterocycles. The normalized spacial score (nSPS) is 16.9. The Labute approximate surface area is 197 Å². The number of likely N-dealkylation sites (tertiary alicyclic amines) is 1. The Morgan fingerprint density at radius 2 is 1.68 bits per heavy atom. The number of nitrogens with zero attached hydrogens (tertiary/aromatic N) is 2. The number of hydrogen-bond acceptors (Lipinski definition) is 8. The average molecular weight is 488 g/mol. The molecule has 2 aromatic carbocycles. The Kier molecular flexibility index (Phi) is 6.47. The molecule has 2 aromatic rings. The summed E-state index contributed by atoms with van der Waals surface area (Å²) in [7, 11) is 0.460. The molecule has 4 rings (SSSR count). The van der Waals surface area contributed by atoms with Crippen molar-refractivity contribution in [3.63, 3.8) is 0 Å². The van der Waals surface area contributed by atoms with E-state index < -0.39 is 16.0 Å². The summed E-state index contributed by atoms with van der Waals surface area (Å²) in [5, 5.41) is 2.81. The van der Waals surface area contributed by atoms with Gasteiger partial charge in [-0.3, -0.25) is 4.79 Å². The third-order valence-electron chi connectivity index (χ3n) is 5.96. The average Bonchev–Trinajstić information content (AvgIpc) is 3.14. The zero-order valence-electron chi connectivity index (χ0n) is 19.0. The molecule has 34 heavy (non-hydrogen) atoms. The Morgan fingerprint density at radius 3 is 2.32 bits per heavy atom. The van der Waals surface area contributed by atoms with Gasteiger partial charge in [0, 0.05) is 36.7 Å². The van der Waals surface area contributed by atoms with Crippen LogP contribution in [0.5, 0.6) is 11.5 Å². The van der Waals surface area contributed by atoms with Gasteiger partial charge < -0.3 is 24.4 Å². The highest BCUT2D eigenvalue weighted by molar-refractivity contribution is 7.90. The Hall–Kier alpha value is -3.60. The molecule has 180 valence electrons. The molecule has 0 saturated carbocycles. The number of piperidine rings is 1. The first kappa shape index (κ1) is 23.6. The molecule has 0 unspecified atom stereocenters. The van der Waals surface area contributed by atoms with E-state index in [2.05, 4.69) is 9.71 Å². The number of carbonyl (C=O) groups excluding carboxylic acids is 2. The van der Waals surface area contributed by atoms with E-state index in [0.717, 1.165) is 0 Å². The van der Waals surface area contributed by atoms with Crippen molar-refractivity contribution in [1.29, 1.82) is 0 Å². The summed E-state index contributed by atoms with van der Waals surface area (Å²) in [6.07, 6.45) is 0.988. The number of benzene rings is 2. The maximum Gasteiger partial charge on any atom is 0.340 e. The standard InChI is InChI=1S/C23H25N3O7S/c1-31-18-12-16(23(28)33-3)17(13-19(18)32-2)24-22(27)14-8-10-26(11-9-14)21-15-6-4-5-7-20(15)34(29,30)25-21/h4-7,12-14H,8-11H2,1-3H3,(H,24,27). The summed E-state index contributed by atoms with van der Waals surface area (Å²) in [6.45, 7) is 0.938. The zero-order valence-corrected chi connectivity index (χ0v) is 19.8. The first-order valence-electron chi connectivity index (χ1n) is 10.6. The lowest BCUT2D eigenvalue weighted by atomic mass is 9.95. The first-order valence-corrected chi connectivity index (χ1v) is 12.1. The summed E-state index contributed by atoms with van der Waals surface area (Å²) >= 11 is 0. The number of amides is 1. The van der Waals surface area contributed by atoms with Crippen LogP contribution >= 0.6 is 0 Å². The van der Waals surface area contributed by atoms with Crippen LogP contribution in [0.3, 0.4) is 0 Å². The molecule has 1 fully saturated rings. The Morgan fingerprint density at radius 1 is 1.03 bits per heavy atom. The number of nitrogens with one attached hydrogen (secondary N) is 1. The lowest BCUT2D eigenvalue weighted by molar-refractivity contribution is -0.120. The highest BCUT2D eigenvalue weighted by Crippen LogP contribution is 2.35. The van der Waals surface area contributed by atoms with E-state index in [-0.39, 0.29) is 28.0 Å². The van der Waals surface area contributed by atoms with E-state index in [1.807, 2.05) is 4.90 Å². The van der Waals surface area contributed by atoms with Gasteiger partial charge in [-0.25, -0.2) is 4.79 Å². The first-order chi connectivity index (χ1) is 16.3. The molecular formula is C23H25N3O7S. The molecule has 2 aliphatic heterocycles. The second-order valence-corrected chi connectivity index (χ2v) is 9.45. The second-order valence-electron chi connectivity index (χ2n) is 7.88. The molecule has 0 atom stereocenters. The lowest BCUT2D eigenvalue weighted by Crippen LogP contribution is -2.41. The van der Waals surface area contributed by atoms with Crippen molar-refractivity contribution in [3.8, 4) is 11.5 Å². The number of ether oxygens (including phenoxy) is 3. The number of rotatable bonds is 5. The molecule has 0 aromatic heterocycles. The monoisotopic (exact) mass is 487 g/mol. The smallest absolute Gasteiger partial charge is 0.340 e. The number of fused-ring (bicyclic) bond motifs is 1. The summed E-state index contributed by atoms with van der Waals surface area (Å²) in [6, 6.07) is 9.71. The van der Waals surface area contributed by atoms with Crippen molar-refractivity contribution >= 4 is 33.4 Å². The van der Waals surface area contributed by atoms with Crippen molar-refractivity contribution in [3.05, 3.63) is 47.5 Å². The highest BCUT2D eigenvalue weighted by atomic mass is 32.2. The summed E-state index contributed by atoms with van der Waals surface area (Å²) < 4.78 is 44.0. The van der Waals surface area contributed by atoms with Crippen LogP contribution in [0.4, 0.5) is 5.69 Å². The summed E-state index contributed by atoms with van der Waals surface area (Å²) in [4.78, 5) is 27.4. The van der Waals surface area contributed by atoms with Gasteiger partial charge in [0.05, 0.1) is 32.6 Å². The van der Waals surface area contributed by atoms with Crippen molar-refractivity contribution in [2.75, 3.05) is 39.7 Å². The largest absolute Gasteiger partial charge is 0.493 e. The molecule has 11 heteroatoms. The molecule has 0 aliphatic carbocycles. The van der Waals surface area contributed by atoms with Crippen LogP contribution in [0, 0.1) is 5.92 Å². The molecule has 0 spiro atoms. The van der Waals surface area contributed by atoms with Crippen LogP contribution < -0.4 is 14.8 Å². The summed E-state index contributed by atoms with van der Waals surface area (Å²) in [5.74, 6) is -0.0872. The number of anilines is 1. The van der Waals surface area contributed by atoms with E-state index in [9.17, 15) is 18.0 Å². The van der Waals surface area contributed by atoms with Crippen LogP contribution in [0.15, 0.2) is 45.7 Å². The quantitative estimate of drug-likeness (QED) is 0.637. The van der Waals surface area contributed by atoms with Gasteiger partial charge in [0.15, 0.2) is 17.3 Å². The predicted molar refractivity (Wildman–Crippen MR) is 124 cm³/mol. The Bertz CT molecular complexity index is 1270. The van der Waals surface area contributed by atoms with E-state index in [1.54, 1.807) is 24.3 Å². The van der Waals surface area contributed by atoms with Crippen LogP contribution in [-0.4, -0.2) is 65.4 Å². The minimum atomic E-state index is -3.70. The predicted octanol–water partition coefficient (Wildman–Crippen LogP) is 2.29. The molecule has 2 aliphatic rings. The van der Waals surface area contributed by atoms with Crippen LogP contribution in [-0.2, 0) is 19.6 Å². The maximum atomic E-state index is 13.0. The molecule has 0 bridgehead atoms. The number of methoxy groups -OCH3 is 3. The van der Waals surface area contributed by atoms with Gasteiger partial charge in [0.25, 0.3) is 10.0 Å². The summed E-state index contributed by atoms with van der Waals surface area (Å²) in [5.41, 5.74) is 0.989. The van der Waals surface area contributed by atoms with E-state index >= 15 is 0 Å². The van der Waals surface area contributed by atoms with Gasteiger partial charge in [0.2, 0.25) is 5.91 Å². The van der Waals surface area contributed by atoms with Crippen molar-refractivity contribution in [1.82, 2.24) is 4.90 Å². The van der Waals surface area contributed by atoms with Crippen LogP contribution in [0.1, 0.15) is 28.8 Å². The van der Waals surface area contributed by atoms with Gasteiger partial charge in [-0.15, -0.1) is 4.40 Å². The Balaban J connectivity index is 1.49. The zero-order chi connectivity index (χ0) is 24.5. The SMILES string of the molecule is COC(=O)c1cc(OC)c(OC)cc1NC(=O)C1CCN(C2=NS(=O)(=O)c3ccccc32)CC1. The highest BCUT2D eigenvalue weighted by Gasteiger charge is 2.34. The van der Waals surface area contributed by atoms with Gasteiger partial charge in [-0.2, -0.15) is 8.42 Å². The van der Waals surface area contributed by atoms with E-state index in [4.69, 9.17) is 14.2 Å². The minimum absolute atomic E-state index is 0.146. The fourth-order valence-corrected chi connectivity index (χ4v) is 5.39. The van der Waals surface area contributed by atoms with Crippen molar-refractivity contribution in [2.24, 2.45) is 10.3 Å². The third-order valence-corrected chi connectivity index (χ3v) is 7.29. The fraction of sp³-hybridized carbons (Fsp3) is 0.348. The lowest BCUT2D eigenvalue weighted by Gasteiger charge is -2.32. The van der Waals surface area contributed by atoms with Crippen LogP contribution in [0.25, 0.3) is 0 Å². The maximum absolute atomic E-state index is 13.0. The van der Waals surface area contributed by atoms with Gasteiger partial charge in [0.1, 0.15) is 4.90 Å². The molecule has 10 nitrogen and oxygen atoms in total. The van der Waals surface area contributed by atoms with Gasteiger partial charge in [-0.05, 0) is 25.0 Å². The molecule has 1 N–H and O–H groups in total. The number of sulfonamides is 1. The number of carbonyl (C=O) groups is 2. The van der Waals surface area contributed by atoms with E-state index in [0.29, 0.717) is 48.8 Å². The molecule has 0 radical (unpaired) electrons. The topological polar surface area (TPSA) is 124 Å². The van der Waals surface area contributed by atoms with Gasteiger partial charge in [-0.1, -0.05) is 12.1 Å². The third kappa shape index (κ3) is 4.30. The molecule has 1 amide bonds. The number of esters is 1. The van der Waals surface area contributed by atoms with E-state index in [1.165, 1.54) is 33.5 Å². The minimum Gasteiger partial charge on any atom is -0.493 e. The van der Waals surface area contributed by atoms with Crippen molar-refractivity contribution in [2.45, 2.75) is 17.7 Å². The fourth-order valence-electron chi connectivity index (χ4n) is 4.17. The van der Waals surface area contributed by atoms with Crippen molar-refractivity contribution < 1.29 is 32.2 Å². The molecule has 2 heterocycles.